The molecular weight excluding hydrogens is 471 g/mol. The van der Waals surface area contributed by atoms with Crippen LogP contribution in [0.5, 0.6) is 0 Å². The van der Waals surface area contributed by atoms with E-state index < -0.39 is 0 Å². The molecule has 0 aromatic heterocycles. The molecule has 0 saturated heterocycles. The van der Waals surface area contributed by atoms with Gasteiger partial charge in [0, 0.05) is 0 Å². The van der Waals surface area contributed by atoms with Crippen LogP contribution in [-0.2, 0) is 50.3 Å². The monoisotopic (exact) mass is 470 g/mol. The molecule has 0 atom stereocenters. The van der Waals surface area contributed by atoms with Crippen molar-refractivity contribution < 1.29 is 50.3 Å². The van der Waals surface area contributed by atoms with Crippen LogP contribution < -0.4 is 0 Å². The third kappa shape index (κ3) is 41.1. The second-order valence-electron chi connectivity index (χ2n) is 0. The summed E-state index contributed by atoms with van der Waals surface area (Å²) in [4.78, 5) is 0. The van der Waals surface area contributed by atoms with Gasteiger partial charge in [0.15, 0.2) is 0 Å². The molecule has 0 saturated carbocycles. The van der Waals surface area contributed by atoms with Crippen LogP contribution in [0, 0.1) is 0 Å². The Bertz CT molecular complexity index is 10.1. The third-order valence-electron chi connectivity index (χ3n) is 0. The summed E-state index contributed by atoms with van der Waals surface area (Å²) >= 11 is 0. The predicted molar refractivity (Wildman–Crippen MR) is 23.0 cm³/mol. The van der Waals surface area contributed by atoms with E-state index in [1.165, 1.54) is 0 Å². The molecule has 45 valence electrons. The summed E-state index contributed by atoms with van der Waals surface area (Å²) in [6.07, 6.45) is 0. The number of rotatable bonds is 0. The van der Waals surface area contributed by atoms with E-state index in [1.807, 2.05) is 0 Å². The van der Waals surface area contributed by atoms with Gasteiger partial charge in [0.1, 0.15) is 0 Å². The van der Waals surface area contributed by atoms with Gasteiger partial charge in [-0.1, -0.05) is 0 Å². The first kappa shape index (κ1) is 71.3. The molecule has 0 unspecified atom stereocenters. The van der Waals surface area contributed by atoms with Crippen molar-refractivity contribution in [3.05, 3.63) is 0 Å². The molecular formula is As3Co3Ga. The van der Waals surface area contributed by atoms with E-state index in [9.17, 15) is 0 Å². The van der Waals surface area contributed by atoms with E-state index in [2.05, 4.69) is 0 Å². The normalized spacial score (nSPS) is 0. The van der Waals surface area contributed by atoms with Crippen molar-refractivity contribution in [3.63, 3.8) is 0 Å². The van der Waals surface area contributed by atoms with Gasteiger partial charge in [0.2, 0.25) is 0 Å². The number of hydrogen-bond donors (Lipinski definition) is 0. The van der Waals surface area contributed by atoms with Crippen LogP contribution in [0.3, 0.4) is 0 Å². The number of hydrogen-bond acceptors (Lipinski definition) is 0. The summed E-state index contributed by atoms with van der Waals surface area (Å²) < 4.78 is 0. The zero-order chi connectivity index (χ0) is 0. The average molecular weight is 471 g/mol. The van der Waals surface area contributed by atoms with Crippen LogP contribution in [0.2, 0.25) is 0 Å². The Morgan fingerprint density at radius 2 is 0.429 bits per heavy atom. The Morgan fingerprint density at radius 1 is 0.429 bits per heavy atom. The van der Waals surface area contributed by atoms with Gasteiger partial charge in [-0.3, -0.25) is 0 Å². The minimum absolute atomic E-state index is 0. The molecule has 0 nitrogen and oxygen atoms in total. The van der Waals surface area contributed by atoms with Gasteiger partial charge >= 0.3 is 70.1 Å². The maximum atomic E-state index is 0. The largest absolute Gasteiger partial charge is 3.00 e. The van der Waals surface area contributed by atoms with Crippen molar-refractivity contribution in [1.82, 2.24) is 0 Å². The van der Waals surface area contributed by atoms with Crippen molar-refractivity contribution in [2.75, 3.05) is 0 Å². The molecule has 0 aliphatic heterocycles. The van der Waals surface area contributed by atoms with E-state index in [1.54, 1.807) is 0 Å². The smallest absolute Gasteiger partial charge is 3.00 e. The molecule has 0 spiro atoms. The van der Waals surface area contributed by atoms with Gasteiger partial charge in [0.05, 0.1) is 0 Å². The molecule has 0 N–H and O–H groups in total. The van der Waals surface area contributed by atoms with Crippen LogP contribution in [0.1, 0.15) is 0 Å². The second kappa shape index (κ2) is 52.2. The summed E-state index contributed by atoms with van der Waals surface area (Å²) in [6.45, 7) is 0. The van der Waals surface area contributed by atoms with Crippen LogP contribution >= 0.6 is 0 Å². The fraction of sp³-hybridized carbons (Fsp3) is 0. The summed E-state index contributed by atoms with van der Waals surface area (Å²) in [5, 5.41) is 0. The first-order valence-corrected chi connectivity index (χ1v) is 0. The van der Waals surface area contributed by atoms with Crippen LogP contribution in [0.4, 0.5) is 0 Å². The molecule has 0 amide bonds. The molecule has 0 fully saturated rings. The van der Waals surface area contributed by atoms with Crippen LogP contribution in [-0.4, -0.2) is 73.7 Å². The van der Waals surface area contributed by atoms with E-state index in [4.69, 9.17) is 0 Å². The molecule has 7 heavy (non-hydrogen) atoms. The summed E-state index contributed by atoms with van der Waals surface area (Å²) in [7, 11) is 0. The summed E-state index contributed by atoms with van der Waals surface area (Å²) in [6, 6.07) is 0. The van der Waals surface area contributed by atoms with Crippen molar-refractivity contribution in [2.45, 2.75) is 0 Å². The first-order chi connectivity index (χ1) is 0. The third-order valence-corrected chi connectivity index (χ3v) is 0. The fourth-order valence-electron chi connectivity index (χ4n) is 0. The molecule has 0 bridgehead atoms. The van der Waals surface area contributed by atoms with E-state index in [0.29, 0.717) is 0 Å². The Balaban J connectivity index is 0. The zero-order valence-electron chi connectivity index (χ0n) is 2.92. The van der Waals surface area contributed by atoms with Crippen molar-refractivity contribution in [3.8, 4) is 0 Å². The van der Waals surface area contributed by atoms with Crippen molar-refractivity contribution in [2.24, 2.45) is 0 Å². The standard InChI is InChI=1S/3As.3Co.Ga/q3*-3;3*+2;+3. The van der Waals surface area contributed by atoms with Crippen LogP contribution in [0.15, 0.2) is 0 Å². The fourth-order valence-corrected chi connectivity index (χ4v) is 0. The molecule has 0 aliphatic rings. The van der Waals surface area contributed by atoms with Gasteiger partial charge in [0.25, 0.3) is 0 Å². The predicted octanol–water partition coefficient (Wildman–Crippen LogP) is -1.53. The van der Waals surface area contributed by atoms with Crippen molar-refractivity contribution in [1.29, 1.82) is 0 Å². The van der Waals surface area contributed by atoms with Crippen LogP contribution in [0.25, 0.3) is 0 Å². The van der Waals surface area contributed by atoms with Gasteiger partial charge in [-0.25, -0.2) is 0 Å². The minimum Gasteiger partial charge on any atom is -3.00 e. The molecule has 0 aromatic carbocycles. The summed E-state index contributed by atoms with van der Waals surface area (Å²) in [5.41, 5.74) is 0. The molecule has 0 rings (SSSR count). The Kier molecular flexibility index (Phi) is 532. The zero-order valence-corrected chi connectivity index (χ0v) is 14.1. The SMILES string of the molecule is [As-3].[As-3].[As-3].[Co+2].[Co+2].[Co+2].[Ga+3]. The maximum Gasteiger partial charge on any atom is 3.00 e. The molecule has 7 heteroatoms. The minimum atomic E-state index is 0. The van der Waals surface area contributed by atoms with E-state index in [0.717, 1.165) is 0 Å². The Labute approximate surface area is 122 Å². The molecule has 0 aromatic rings. The second-order valence-corrected chi connectivity index (χ2v) is 0. The molecule has 0 aliphatic carbocycles. The molecule has 3 radical (unpaired) electrons. The van der Waals surface area contributed by atoms with Gasteiger partial charge < -0.3 is 53.9 Å². The van der Waals surface area contributed by atoms with E-state index >= 15 is 0 Å². The molecule has 0 heterocycles. The van der Waals surface area contributed by atoms with Crippen molar-refractivity contribution >= 4 is 73.7 Å². The first-order valence-electron chi connectivity index (χ1n) is 0. The topological polar surface area (TPSA) is 0 Å². The summed E-state index contributed by atoms with van der Waals surface area (Å²) in [5.74, 6) is 0. The Hall–Kier alpha value is 3.83. The van der Waals surface area contributed by atoms with E-state index in [-0.39, 0.29) is 124 Å². The van der Waals surface area contributed by atoms with Gasteiger partial charge in [-0.05, 0) is 0 Å². The maximum absolute atomic E-state index is 0. The average Bonchev–Trinajstić information content (AvgIpc) is 0. The Morgan fingerprint density at radius 3 is 0.429 bits per heavy atom. The van der Waals surface area contributed by atoms with Gasteiger partial charge in [-0.2, -0.15) is 0 Å². The van der Waals surface area contributed by atoms with Gasteiger partial charge in [-0.15, -0.1) is 0 Å². The quantitative estimate of drug-likeness (QED) is 0.377.